The second-order valence-corrected chi connectivity index (χ2v) is 10.2. The van der Waals surface area contributed by atoms with Crippen LogP contribution in [0, 0.1) is 5.92 Å². The molecule has 1 aliphatic carbocycles. The molecule has 3 heterocycles. The van der Waals surface area contributed by atoms with Crippen molar-refractivity contribution in [3.05, 3.63) is 18.6 Å². The van der Waals surface area contributed by atoms with Gasteiger partial charge in [-0.3, -0.25) is 9.30 Å². The van der Waals surface area contributed by atoms with E-state index in [1.807, 2.05) is 6.92 Å². The summed E-state index contributed by atoms with van der Waals surface area (Å²) >= 11 is 0. The van der Waals surface area contributed by atoms with Crippen molar-refractivity contribution in [2.45, 2.75) is 44.0 Å². The summed E-state index contributed by atoms with van der Waals surface area (Å²) in [7, 11) is -3.58. The zero-order valence-electron chi connectivity index (χ0n) is 16.2. The molecule has 0 spiro atoms. The molecular formula is C18H28N6O2S. The summed E-state index contributed by atoms with van der Waals surface area (Å²) in [6.45, 7) is 11.1. The lowest BCUT2D eigenvalue weighted by Gasteiger charge is -2.36. The van der Waals surface area contributed by atoms with E-state index < -0.39 is 10.0 Å². The van der Waals surface area contributed by atoms with Gasteiger partial charge in [0, 0.05) is 44.5 Å². The van der Waals surface area contributed by atoms with Crippen molar-refractivity contribution in [1.82, 2.24) is 24.2 Å². The van der Waals surface area contributed by atoms with E-state index in [0.29, 0.717) is 11.6 Å². The third-order valence-corrected chi connectivity index (χ3v) is 6.98. The molecule has 0 aromatic carbocycles. The van der Waals surface area contributed by atoms with Crippen molar-refractivity contribution in [2.24, 2.45) is 5.92 Å². The third-order valence-electron chi connectivity index (χ3n) is 5.37. The van der Waals surface area contributed by atoms with E-state index in [0.717, 1.165) is 51.3 Å². The molecule has 8 nitrogen and oxygen atoms in total. The minimum absolute atomic E-state index is 0.266. The standard InChI is InChI=1S/C18H28N6O2S/c1-14(2)11-22-6-8-23(9-7-22)16-10-15(12-24-13-19-20-17(16)24)27(25,26)21-18(3)4-5-18/h10,12-14,21H,4-9,11H2,1-3H3. The Kier molecular flexibility index (Phi) is 4.64. The number of pyridine rings is 1. The van der Waals surface area contributed by atoms with E-state index in [2.05, 4.69) is 38.6 Å². The number of rotatable bonds is 6. The zero-order chi connectivity index (χ0) is 19.2. The molecule has 1 saturated heterocycles. The molecule has 1 N–H and O–H groups in total. The van der Waals surface area contributed by atoms with Crippen molar-refractivity contribution in [3.8, 4) is 0 Å². The monoisotopic (exact) mass is 392 g/mol. The van der Waals surface area contributed by atoms with Crippen LogP contribution in [0.1, 0.15) is 33.6 Å². The number of piperazine rings is 1. The molecule has 27 heavy (non-hydrogen) atoms. The van der Waals surface area contributed by atoms with Crippen molar-refractivity contribution in [2.75, 3.05) is 37.6 Å². The van der Waals surface area contributed by atoms with Crippen LogP contribution in [0.15, 0.2) is 23.5 Å². The molecular weight excluding hydrogens is 364 g/mol. The minimum Gasteiger partial charge on any atom is -0.366 e. The maximum atomic E-state index is 12.9. The first kappa shape index (κ1) is 18.6. The average Bonchev–Trinajstić information content (AvgIpc) is 3.13. The number of hydrogen-bond acceptors (Lipinski definition) is 6. The predicted molar refractivity (Wildman–Crippen MR) is 104 cm³/mol. The molecule has 148 valence electrons. The molecule has 2 fully saturated rings. The summed E-state index contributed by atoms with van der Waals surface area (Å²) < 4.78 is 30.3. The van der Waals surface area contributed by atoms with Crippen molar-refractivity contribution in [3.63, 3.8) is 0 Å². The molecule has 2 aromatic heterocycles. The number of hydrogen-bond donors (Lipinski definition) is 1. The molecule has 0 bridgehead atoms. The van der Waals surface area contributed by atoms with Gasteiger partial charge in [0.1, 0.15) is 11.2 Å². The molecule has 0 atom stereocenters. The van der Waals surface area contributed by atoms with Crippen LogP contribution in [0.4, 0.5) is 5.69 Å². The Hall–Kier alpha value is -1.71. The number of aromatic nitrogens is 3. The fourth-order valence-corrected chi connectivity index (χ4v) is 5.12. The van der Waals surface area contributed by atoms with Gasteiger partial charge in [0.05, 0.1) is 5.69 Å². The van der Waals surface area contributed by atoms with Gasteiger partial charge in [-0.25, -0.2) is 13.1 Å². The van der Waals surface area contributed by atoms with Crippen LogP contribution in [0.3, 0.4) is 0 Å². The topological polar surface area (TPSA) is 82.8 Å². The van der Waals surface area contributed by atoms with Gasteiger partial charge in [0.15, 0.2) is 5.65 Å². The Labute approximate surface area is 160 Å². The van der Waals surface area contributed by atoms with Crippen LogP contribution in [0.5, 0.6) is 0 Å². The Morgan fingerprint density at radius 1 is 1.22 bits per heavy atom. The molecule has 1 aliphatic heterocycles. The van der Waals surface area contributed by atoms with Gasteiger partial charge in [0.2, 0.25) is 10.0 Å². The lowest BCUT2D eigenvalue weighted by molar-refractivity contribution is 0.231. The first-order valence-corrected chi connectivity index (χ1v) is 11.1. The summed E-state index contributed by atoms with van der Waals surface area (Å²) in [5, 5.41) is 8.20. The van der Waals surface area contributed by atoms with Gasteiger partial charge < -0.3 is 4.90 Å². The number of anilines is 1. The molecule has 0 amide bonds. The highest BCUT2D eigenvalue weighted by Crippen LogP contribution is 2.36. The fraction of sp³-hybridized carbons (Fsp3) is 0.667. The van der Waals surface area contributed by atoms with Crippen LogP contribution in [-0.2, 0) is 10.0 Å². The van der Waals surface area contributed by atoms with Crippen LogP contribution in [0.2, 0.25) is 0 Å². The maximum Gasteiger partial charge on any atom is 0.242 e. The highest BCUT2D eigenvalue weighted by molar-refractivity contribution is 7.89. The molecule has 0 unspecified atom stereocenters. The van der Waals surface area contributed by atoms with E-state index in [1.54, 1.807) is 23.0 Å². The summed E-state index contributed by atoms with van der Waals surface area (Å²) in [4.78, 5) is 4.94. The number of fused-ring (bicyclic) bond motifs is 1. The summed E-state index contributed by atoms with van der Waals surface area (Å²) in [5.74, 6) is 0.642. The highest BCUT2D eigenvalue weighted by Gasteiger charge is 2.41. The fourth-order valence-electron chi connectivity index (χ4n) is 3.63. The average molecular weight is 393 g/mol. The molecule has 2 aliphatic rings. The predicted octanol–water partition coefficient (Wildman–Crippen LogP) is 1.34. The Morgan fingerprint density at radius 2 is 1.93 bits per heavy atom. The van der Waals surface area contributed by atoms with E-state index in [9.17, 15) is 8.42 Å². The number of nitrogens with one attached hydrogen (secondary N) is 1. The van der Waals surface area contributed by atoms with E-state index in [4.69, 9.17) is 0 Å². The van der Waals surface area contributed by atoms with E-state index in [1.165, 1.54) is 0 Å². The van der Waals surface area contributed by atoms with E-state index >= 15 is 0 Å². The van der Waals surface area contributed by atoms with Gasteiger partial charge >= 0.3 is 0 Å². The van der Waals surface area contributed by atoms with Gasteiger partial charge in [-0.05, 0) is 31.7 Å². The quantitative estimate of drug-likeness (QED) is 0.799. The number of sulfonamides is 1. The third kappa shape index (κ3) is 3.95. The Balaban J connectivity index is 1.62. The molecule has 9 heteroatoms. The first-order chi connectivity index (χ1) is 12.8. The summed E-state index contributed by atoms with van der Waals surface area (Å²) in [6, 6.07) is 1.75. The van der Waals surface area contributed by atoms with Crippen LogP contribution in [0.25, 0.3) is 5.65 Å². The van der Waals surface area contributed by atoms with Gasteiger partial charge in [-0.2, -0.15) is 0 Å². The minimum atomic E-state index is -3.58. The smallest absolute Gasteiger partial charge is 0.242 e. The van der Waals surface area contributed by atoms with Crippen LogP contribution < -0.4 is 9.62 Å². The SMILES string of the molecule is CC(C)CN1CCN(c2cc(S(=O)(=O)NC3(C)CC3)cn3cnnc23)CC1. The van der Waals surface area contributed by atoms with Gasteiger partial charge in [-0.1, -0.05) is 13.8 Å². The van der Waals surface area contributed by atoms with Crippen molar-refractivity contribution in [1.29, 1.82) is 0 Å². The van der Waals surface area contributed by atoms with E-state index in [-0.39, 0.29) is 10.4 Å². The Bertz CT molecular complexity index is 926. The second kappa shape index (κ2) is 6.72. The lowest BCUT2D eigenvalue weighted by atomic mass is 10.2. The second-order valence-electron chi connectivity index (χ2n) is 8.47. The summed E-state index contributed by atoms with van der Waals surface area (Å²) in [5.41, 5.74) is 1.23. The maximum absolute atomic E-state index is 12.9. The summed E-state index contributed by atoms with van der Waals surface area (Å²) in [6.07, 6.45) is 4.92. The first-order valence-electron chi connectivity index (χ1n) is 9.60. The largest absolute Gasteiger partial charge is 0.366 e. The van der Waals surface area contributed by atoms with Crippen LogP contribution >= 0.6 is 0 Å². The van der Waals surface area contributed by atoms with Crippen molar-refractivity contribution >= 4 is 21.4 Å². The highest BCUT2D eigenvalue weighted by atomic mass is 32.2. The molecule has 4 rings (SSSR count). The van der Waals surface area contributed by atoms with Gasteiger partial charge in [0.25, 0.3) is 0 Å². The van der Waals surface area contributed by atoms with Gasteiger partial charge in [-0.15, -0.1) is 10.2 Å². The normalized spacial score (nSPS) is 20.5. The Morgan fingerprint density at radius 3 is 2.56 bits per heavy atom. The number of nitrogens with zero attached hydrogens (tertiary/aromatic N) is 5. The molecule has 1 saturated carbocycles. The van der Waals surface area contributed by atoms with Crippen LogP contribution in [-0.4, -0.2) is 66.2 Å². The lowest BCUT2D eigenvalue weighted by Crippen LogP contribution is -2.47. The molecule has 0 radical (unpaired) electrons. The zero-order valence-corrected chi connectivity index (χ0v) is 17.0. The molecule has 2 aromatic rings. The van der Waals surface area contributed by atoms with Crippen molar-refractivity contribution < 1.29 is 8.42 Å².